The van der Waals surface area contributed by atoms with Crippen molar-refractivity contribution in [2.45, 2.75) is 80.3 Å². The van der Waals surface area contributed by atoms with Gasteiger partial charge >= 0.3 is 0 Å². The summed E-state index contributed by atoms with van der Waals surface area (Å²) in [4.78, 5) is 0. The number of hydrogen-bond donors (Lipinski definition) is 2. The summed E-state index contributed by atoms with van der Waals surface area (Å²) in [6.45, 7) is 17.3. The molecule has 62 heavy (non-hydrogen) atoms. The molecule has 0 saturated heterocycles. The molecule has 0 atom stereocenters. The first-order chi connectivity index (χ1) is 30.0. The van der Waals surface area contributed by atoms with E-state index in [1.807, 2.05) is 94.3 Å². The summed E-state index contributed by atoms with van der Waals surface area (Å²) in [5.74, 6) is 4.42. The second-order valence-electron chi connectivity index (χ2n) is 17.2. The van der Waals surface area contributed by atoms with Crippen LogP contribution in [-0.2, 0) is 13.1 Å². The number of hydrogen-bond acceptors (Lipinski definition) is 14. The van der Waals surface area contributed by atoms with Gasteiger partial charge in [0.2, 0.25) is 11.6 Å². The molecule has 8 rings (SSSR count). The molecule has 0 bridgehead atoms. The third-order valence-corrected chi connectivity index (χ3v) is 9.29. The van der Waals surface area contributed by atoms with Crippen molar-refractivity contribution in [1.29, 1.82) is 0 Å². The quantitative estimate of drug-likeness (QED) is 0.0791. The molecule has 8 aromatic rings. The van der Waals surface area contributed by atoms with Crippen molar-refractivity contribution in [1.82, 2.24) is 71.2 Å². The molecule has 2 N–H and O–H groups in total. The lowest BCUT2D eigenvalue weighted by molar-refractivity contribution is 0.266. The van der Waals surface area contributed by atoms with Gasteiger partial charge in [0.25, 0.3) is 0 Å². The van der Waals surface area contributed by atoms with E-state index in [2.05, 4.69) is 103 Å². The molecule has 0 saturated carbocycles. The van der Waals surface area contributed by atoms with Crippen LogP contribution in [0.2, 0.25) is 0 Å². The van der Waals surface area contributed by atoms with Gasteiger partial charge in [-0.25, -0.2) is 9.36 Å². The van der Waals surface area contributed by atoms with E-state index < -0.39 is 0 Å². The lowest BCUT2D eigenvalue weighted by Crippen LogP contribution is -2.16. The third kappa shape index (κ3) is 12.5. The molecular weight excluding hydrogens is 789 g/mol. The molecule has 0 spiro atoms. The third-order valence-electron chi connectivity index (χ3n) is 9.29. The van der Waals surface area contributed by atoms with Crippen molar-refractivity contribution in [3.8, 4) is 45.8 Å². The van der Waals surface area contributed by atoms with Gasteiger partial charge in [0.05, 0.1) is 37.5 Å². The number of nitrogens with zero attached hydrogens (tertiary/aromatic N) is 12. The predicted octanol–water partition coefficient (Wildman–Crippen LogP) is 7.79. The fraction of sp³-hybridized carbons (Fsp3) is 0.409. The van der Waals surface area contributed by atoms with Gasteiger partial charge in [-0.05, 0) is 120 Å². The monoisotopic (exact) mass is 842 g/mol. The van der Waals surface area contributed by atoms with Crippen molar-refractivity contribution in [2.24, 2.45) is 10.8 Å². The highest BCUT2D eigenvalue weighted by atomic mass is 16.5. The smallest absolute Gasteiger partial charge is 0.204 e. The Bertz CT molecular complexity index is 2560. The minimum atomic E-state index is 0.130. The van der Waals surface area contributed by atoms with E-state index in [4.69, 9.17) is 18.9 Å². The van der Waals surface area contributed by atoms with Gasteiger partial charge < -0.3 is 18.9 Å². The summed E-state index contributed by atoms with van der Waals surface area (Å²) in [6, 6.07) is 27.2. The van der Waals surface area contributed by atoms with Gasteiger partial charge in [-0.1, -0.05) is 52.0 Å². The van der Waals surface area contributed by atoms with Crippen LogP contribution >= 0.6 is 0 Å². The molecule has 0 unspecified atom stereocenters. The van der Waals surface area contributed by atoms with Crippen LogP contribution in [0.1, 0.15) is 67.2 Å². The Morgan fingerprint density at radius 3 is 1.34 bits per heavy atom. The Morgan fingerprint density at radius 2 is 0.871 bits per heavy atom. The molecule has 0 radical (unpaired) electrons. The summed E-state index contributed by atoms with van der Waals surface area (Å²) in [5.41, 5.74) is 5.83. The molecule has 324 valence electrons. The van der Waals surface area contributed by atoms with Crippen molar-refractivity contribution in [2.75, 3.05) is 26.4 Å². The number of unbranched alkanes of at least 4 members (excludes halogenated alkanes) is 2. The Hall–Kier alpha value is -6.98. The molecule has 4 aromatic carbocycles. The zero-order valence-corrected chi connectivity index (χ0v) is 36.2. The van der Waals surface area contributed by atoms with Crippen molar-refractivity contribution >= 4 is 22.1 Å². The number of benzene rings is 4. The number of aromatic amines is 2. The van der Waals surface area contributed by atoms with E-state index in [1.54, 1.807) is 0 Å². The number of nitrogens with one attached hydrogen (secondary N) is 2. The van der Waals surface area contributed by atoms with Crippen LogP contribution in [0.4, 0.5) is 0 Å². The number of rotatable bonds is 18. The van der Waals surface area contributed by atoms with Crippen molar-refractivity contribution in [3.05, 3.63) is 84.9 Å². The molecule has 4 heterocycles. The van der Waals surface area contributed by atoms with Crippen molar-refractivity contribution in [3.63, 3.8) is 0 Å². The first-order valence-electron chi connectivity index (χ1n) is 20.8. The summed E-state index contributed by atoms with van der Waals surface area (Å²) in [5, 5.41) is 44.9. The molecular formula is C44H54N14O4. The number of fused-ring (bicyclic) bond motifs is 2. The Labute approximate surface area is 359 Å². The average molecular weight is 843 g/mol. The topological polar surface area (TPSA) is 207 Å². The molecule has 0 aliphatic heterocycles. The van der Waals surface area contributed by atoms with Crippen molar-refractivity contribution < 1.29 is 18.9 Å². The number of H-pyrrole nitrogens is 2. The highest BCUT2D eigenvalue weighted by molar-refractivity contribution is 5.76. The van der Waals surface area contributed by atoms with Gasteiger partial charge in [-0.15, -0.1) is 30.6 Å². The fourth-order valence-corrected chi connectivity index (χ4v) is 6.35. The molecule has 18 nitrogen and oxygen atoms in total. The van der Waals surface area contributed by atoms with E-state index in [0.717, 1.165) is 95.0 Å². The molecule has 0 fully saturated rings. The minimum absolute atomic E-state index is 0.130. The maximum atomic E-state index is 5.93. The van der Waals surface area contributed by atoms with E-state index in [0.29, 0.717) is 38.1 Å². The number of tetrazole rings is 2. The number of aromatic nitrogens is 14. The fourth-order valence-electron chi connectivity index (χ4n) is 6.35. The summed E-state index contributed by atoms with van der Waals surface area (Å²) in [7, 11) is 0. The van der Waals surface area contributed by atoms with Crippen LogP contribution in [0.3, 0.4) is 0 Å². The van der Waals surface area contributed by atoms with Crippen LogP contribution in [-0.4, -0.2) is 97.7 Å². The Kier molecular flexibility index (Phi) is 13.9. The first kappa shape index (κ1) is 43.1. The average Bonchev–Trinajstić information content (AvgIpc) is 4.10. The molecule has 18 heteroatoms. The van der Waals surface area contributed by atoms with Crippen LogP contribution in [0.15, 0.2) is 84.9 Å². The van der Waals surface area contributed by atoms with E-state index in [9.17, 15) is 0 Å². The van der Waals surface area contributed by atoms with Crippen LogP contribution in [0.25, 0.3) is 44.8 Å². The minimum Gasteiger partial charge on any atom is -0.494 e. The first-order valence-corrected chi connectivity index (χ1v) is 20.8. The zero-order chi connectivity index (χ0) is 43.4. The van der Waals surface area contributed by atoms with Gasteiger partial charge in [-0.2, -0.15) is 10.4 Å². The summed E-state index contributed by atoms with van der Waals surface area (Å²) in [6.07, 6.45) is 3.60. The largest absolute Gasteiger partial charge is 0.494 e. The lowest BCUT2D eigenvalue weighted by Gasteiger charge is -2.18. The maximum absolute atomic E-state index is 5.93. The maximum Gasteiger partial charge on any atom is 0.204 e. The summed E-state index contributed by atoms with van der Waals surface area (Å²) >= 11 is 0. The SMILES string of the molecule is CC(C)(C)Cn1nnc2cc(OCCCCOc3ccc(-c4nn[nH]n4)cc3)ccc21.CC(C)(C)Cn1nnc2ccc(OCCCCOc3ccc(-c4nn[nH]n4)cc3)cc21. The molecule has 0 aliphatic rings. The second-order valence-corrected chi connectivity index (χ2v) is 17.2. The van der Waals surface area contributed by atoms with E-state index >= 15 is 0 Å². The van der Waals surface area contributed by atoms with E-state index in [-0.39, 0.29) is 10.8 Å². The Balaban J connectivity index is 0.000000186. The van der Waals surface area contributed by atoms with Gasteiger partial charge in [0, 0.05) is 36.3 Å². The van der Waals surface area contributed by atoms with Crippen LogP contribution < -0.4 is 18.9 Å². The van der Waals surface area contributed by atoms with Crippen LogP contribution in [0, 0.1) is 10.8 Å². The Morgan fingerprint density at radius 1 is 0.452 bits per heavy atom. The predicted molar refractivity (Wildman–Crippen MR) is 234 cm³/mol. The van der Waals surface area contributed by atoms with E-state index in [1.165, 1.54) is 0 Å². The molecule has 0 aliphatic carbocycles. The normalized spacial score (nSPS) is 11.7. The summed E-state index contributed by atoms with van der Waals surface area (Å²) < 4.78 is 27.3. The van der Waals surface area contributed by atoms with Gasteiger partial charge in [-0.3, -0.25) is 0 Å². The lowest BCUT2D eigenvalue weighted by atomic mass is 9.97. The van der Waals surface area contributed by atoms with Gasteiger partial charge in [0.15, 0.2) is 0 Å². The highest BCUT2D eigenvalue weighted by Crippen LogP contribution is 2.25. The highest BCUT2D eigenvalue weighted by Gasteiger charge is 2.16. The number of ether oxygens (including phenoxy) is 4. The van der Waals surface area contributed by atoms with Crippen LogP contribution in [0.5, 0.6) is 23.0 Å². The zero-order valence-electron chi connectivity index (χ0n) is 36.2. The second kappa shape index (κ2) is 20.1. The molecule has 0 amide bonds. The molecule has 4 aromatic heterocycles. The standard InChI is InChI=1S/2C22H27N7O2/c1-22(2,3)15-29-20-11-10-18(14-19(20)23-28-29)31-13-5-4-12-30-17-8-6-16(7-9-17)21-24-26-27-25-21;1-22(2,3)15-29-20-14-18(10-11-19(20)23-28-29)31-13-5-4-12-30-17-8-6-16(7-9-17)21-24-26-27-25-21/h2*6-11,14H,4-5,12-13,15H2,1-3H3,(H,24,25,26,27). The van der Waals surface area contributed by atoms with Gasteiger partial charge in [0.1, 0.15) is 34.0 Å².